The molecule has 0 aliphatic carbocycles. The van der Waals surface area contributed by atoms with Gasteiger partial charge in [0, 0.05) is 12.0 Å². The Morgan fingerprint density at radius 3 is 2.89 bits per heavy atom. The van der Waals surface area contributed by atoms with Crippen LogP contribution in [0.1, 0.15) is 23.7 Å². The third-order valence-corrected chi connectivity index (χ3v) is 2.85. The number of carbonyl (C=O) groups excluding carboxylic acids is 2. The molecule has 0 saturated carbocycles. The molecule has 6 heteroatoms. The highest BCUT2D eigenvalue weighted by atomic mass is 16.5. The van der Waals surface area contributed by atoms with E-state index in [1.807, 2.05) is 0 Å². The molecular weight excluding hydrogens is 250 g/mol. The van der Waals surface area contributed by atoms with Crippen LogP contribution in [0.4, 0.5) is 5.69 Å². The van der Waals surface area contributed by atoms with Crippen molar-refractivity contribution in [2.75, 3.05) is 11.9 Å². The van der Waals surface area contributed by atoms with E-state index in [9.17, 15) is 14.4 Å². The first-order chi connectivity index (χ1) is 8.97. The number of benzene rings is 1. The molecule has 0 bridgehead atoms. The zero-order valence-corrected chi connectivity index (χ0v) is 10.3. The van der Waals surface area contributed by atoms with Crippen LogP contribution in [-0.4, -0.2) is 29.4 Å². The van der Waals surface area contributed by atoms with Crippen LogP contribution in [0.2, 0.25) is 0 Å². The predicted octanol–water partition coefficient (Wildman–Crippen LogP) is 1.31. The number of carboxylic acid groups (broad SMARTS) is 1. The maximum Gasteiger partial charge on any atom is 0.306 e. The van der Waals surface area contributed by atoms with Crippen molar-refractivity contribution in [1.82, 2.24) is 0 Å². The summed E-state index contributed by atoms with van der Waals surface area (Å²) in [5.74, 6) is -1.81. The topological polar surface area (TPSA) is 92.7 Å². The molecule has 0 spiro atoms. The smallest absolute Gasteiger partial charge is 0.306 e. The summed E-state index contributed by atoms with van der Waals surface area (Å²) >= 11 is 0. The number of hydrogen-bond donors (Lipinski definition) is 2. The van der Waals surface area contributed by atoms with Crippen molar-refractivity contribution in [1.29, 1.82) is 0 Å². The van der Waals surface area contributed by atoms with Crippen molar-refractivity contribution in [3.63, 3.8) is 0 Å². The molecule has 0 aromatic heterocycles. The van der Waals surface area contributed by atoms with Gasteiger partial charge in [-0.25, -0.2) is 0 Å². The van der Waals surface area contributed by atoms with Crippen LogP contribution in [0, 0.1) is 5.92 Å². The molecule has 6 nitrogen and oxygen atoms in total. The van der Waals surface area contributed by atoms with E-state index in [0.717, 1.165) is 0 Å². The highest BCUT2D eigenvalue weighted by Crippen LogP contribution is 2.29. The summed E-state index contributed by atoms with van der Waals surface area (Å²) in [6.07, 6.45) is -0.0804. The Balaban J connectivity index is 2.17. The van der Waals surface area contributed by atoms with E-state index in [1.165, 1.54) is 13.0 Å². The lowest BCUT2D eigenvalue weighted by atomic mass is 9.99. The fourth-order valence-electron chi connectivity index (χ4n) is 1.74. The van der Waals surface area contributed by atoms with E-state index in [2.05, 4.69) is 5.32 Å². The second kappa shape index (κ2) is 5.09. The highest BCUT2D eigenvalue weighted by Gasteiger charge is 2.20. The molecule has 2 rings (SSSR count). The number of anilines is 1. The quantitative estimate of drug-likeness (QED) is 0.799. The Morgan fingerprint density at radius 1 is 1.47 bits per heavy atom. The summed E-state index contributed by atoms with van der Waals surface area (Å²) in [7, 11) is 0. The molecule has 1 amide bonds. The number of aliphatic carboxylic acids is 1. The molecular formula is C13H13NO5. The predicted molar refractivity (Wildman–Crippen MR) is 66.3 cm³/mol. The Hall–Kier alpha value is -2.37. The zero-order chi connectivity index (χ0) is 14.0. The van der Waals surface area contributed by atoms with Gasteiger partial charge in [-0.2, -0.15) is 0 Å². The van der Waals surface area contributed by atoms with E-state index in [4.69, 9.17) is 9.84 Å². The van der Waals surface area contributed by atoms with E-state index in [-0.39, 0.29) is 24.7 Å². The van der Waals surface area contributed by atoms with Crippen LogP contribution in [0.3, 0.4) is 0 Å². The van der Waals surface area contributed by atoms with Crippen LogP contribution in [0.25, 0.3) is 0 Å². The van der Waals surface area contributed by atoms with Crippen molar-refractivity contribution in [2.45, 2.75) is 13.3 Å². The number of ether oxygens (including phenoxy) is 1. The molecule has 0 saturated heterocycles. The van der Waals surface area contributed by atoms with Gasteiger partial charge < -0.3 is 15.2 Å². The molecule has 1 heterocycles. The lowest BCUT2D eigenvalue weighted by molar-refractivity contribution is -0.141. The number of fused-ring (bicyclic) bond motifs is 1. The first kappa shape index (κ1) is 13.1. The van der Waals surface area contributed by atoms with Crippen molar-refractivity contribution in [3.05, 3.63) is 23.8 Å². The second-order valence-corrected chi connectivity index (χ2v) is 4.41. The molecule has 1 atom stereocenters. The minimum Gasteiger partial charge on any atom is -0.482 e. The maximum absolute atomic E-state index is 11.9. The number of carbonyl (C=O) groups is 3. The molecule has 1 unspecified atom stereocenters. The standard InChI is InChI=1S/C13H13NO5/c1-7(13(17)18)4-10(15)8-2-3-11-9(5-8)14-12(16)6-19-11/h2-3,5,7H,4,6H2,1H3,(H,14,16)(H,17,18). The third-order valence-electron chi connectivity index (χ3n) is 2.85. The van der Waals surface area contributed by atoms with Gasteiger partial charge in [0.15, 0.2) is 12.4 Å². The minimum atomic E-state index is -1.01. The number of hydrogen-bond acceptors (Lipinski definition) is 4. The second-order valence-electron chi connectivity index (χ2n) is 4.41. The monoisotopic (exact) mass is 263 g/mol. The number of amides is 1. The van der Waals surface area contributed by atoms with E-state index in [0.29, 0.717) is 17.0 Å². The van der Waals surface area contributed by atoms with Gasteiger partial charge in [-0.05, 0) is 18.2 Å². The van der Waals surface area contributed by atoms with Gasteiger partial charge in [-0.3, -0.25) is 14.4 Å². The van der Waals surface area contributed by atoms with Crippen molar-refractivity contribution in [2.24, 2.45) is 5.92 Å². The number of rotatable bonds is 4. The van der Waals surface area contributed by atoms with Gasteiger partial charge in [0.1, 0.15) is 5.75 Å². The zero-order valence-electron chi connectivity index (χ0n) is 10.3. The van der Waals surface area contributed by atoms with Crippen LogP contribution in [0.5, 0.6) is 5.75 Å². The number of ketones is 1. The molecule has 100 valence electrons. The first-order valence-corrected chi connectivity index (χ1v) is 5.80. The molecule has 2 N–H and O–H groups in total. The van der Waals surface area contributed by atoms with Crippen LogP contribution in [0.15, 0.2) is 18.2 Å². The van der Waals surface area contributed by atoms with Gasteiger partial charge in [-0.1, -0.05) is 6.92 Å². The third kappa shape index (κ3) is 2.90. The Labute approximate surface area is 109 Å². The Morgan fingerprint density at radius 2 is 2.21 bits per heavy atom. The summed E-state index contributed by atoms with van der Waals surface area (Å²) in [5, 5.41) is 11.4. The maximum atomic E-state index is 11.9. The van der Waals surface area contributed by atoms with Crippen LogP contribution >= 0.6 is 0 Å². The fraction of sp³-hybridized carbons (Fsp3) is 0.308. The summed E-state index contributed by atoms with van der Waals surface area (Å²) < 4.78 is 5.17. The lowest BCUT2D eigenvalue weighted by Crippen LogP contribution is -2.25. The van der Waals surface area contributed by atoms with Gasteiger partial charge in [-0.15, -0.1) is 0 Å². The normalized spacial score (nSPS) is 14.9. The highest BCUT2D eigenvalue weighted by molar-refractivity contribution is 6.01. The largest absolute Gasteiger partial charge is 0.482 e. The Kier molecular flexibility index (Phi) is 3.50. The summed E-state index contributed by atoms with van der Waals surface area (Å²) in [6.45, 7) is 1.43. The SMILES string of the molecule is CC(CC(=O)c1ccc2c(c1)NC(=O)CO2)C(=O)O. The number of nitrogens with one attached hydrogen (secondary N) is 1. The summed E-state index contributed by atoms with van der Waals surface area (Å²) in [4.78, 5) is 33.8. The van der Waals surface area contributed by atoms with Gasteiger partial charge >= 0.3 is 5.97 Å². The average Bonchev–Trinajstić information content (AvgIpc) is 2.37. The summed E-state index contributed by atoms with van der Waals surface area (Å²) in [6, 6.07) is 4.66. The van der Waals surface area contributed by atoms with Crippen molar-refractivity contribution < 1.29 is 24.2 Å². The number of carboxylic acids is 1. The number of Topliss-reactive ketones (excluding diaryl/α,β-unsaturated/α-hetero) is 1. The van der Waals surface area contributed by atoms with E-state index < -0.39 is 11.9 Å². The molecule has 1 aliphatic rings. The molecule has 0 fully saturated rings. The average molecular weight is 263 g/mol. The van der Waals surface area contributed by atoms with Crippen LogP contribution < -0.4 is 10.1 Å². The van der Waals surface area contributed by atoms with Gasteiger partial charge in [0.2, 0.25) is 0 Å². The Bertz CT molecular complexity index is 552. The van der Waals surface area contributed by atoms with E-state index in [1.54, 1.807) is 12.1 Å². The first-order valence-electron chi connectivity index (χ1n) is 5.80. The fourth-order valence-corrected chi connectivity index (χ4v) is 1.74. The molecule has 1 aromatic carbocycles. The van der Waals surface area contributed by atoms with E-state index >= 15 is 0 Å². The molecule has 1 aromatic rings. The minimum absolute atomic E-state index is 0.0453. The molecule has 0 radical (unpaired) electrons. The lowest BCUT2D eigenvalue weighted by Gasteiger charge is -2.18. The van der Waals surface area contributed by atoms with Crippen molar-refractivity contribution >= 4 is 23.3 Å². The van der Waals surface area contributed by atoms with Gasteiger partial charge in [0.25, 0.3) is 5.91 Å². The van der Waals surface area contributed by atoms with Gasteiger partial charge in [0.05, 0.1) is 11.6 Å². The van der Waals surface area contributed by atoms with Crippen LogP contribution in [-0.2, 0) is 9.59 Å². The van der Waals surface area contributed by atoms with Crippen molar-refractivity contribution in [3.8, 4) is 5.75 Å². The molecule has 1 aliphatic heterocycles. The summed E-state index contributed by atoms with van der Waals surface area (Å²) in [5.41, 5.74) is 0.794. The molecule has 19 heavy (non-hydrogen) atoms.